The molecule has 160 valence electrons. The summed E-state index contributed by atoms with van der Waals surface area (Å²) in [6, 6.07) is 9.94. The Balaban J connectivity index is 0.00000300. The highest BCUT2D eigenvalue weighted by molar-refractivity contribution is 7.92. The number of benzene rings is 2. The summed E-state index contributed by atoms with van der Waals surface area (Å²) >= 11 is 0. The summed E-state index contributed by atoms with van der Waals surface area (Å²) in [6.07, 6.45) is -1.87. The van der Waals surface area contributed by atoms with Crippen LogP contribution in [-0.2, 0) is 10.0 Å². The lowest BCUT2D eigenvalue weighted by Crippen LogP contribution is -2.17. The molecule has 1 saturated heterocycles. The molecule has 1 aliphatic rings. The lowest BCUT2D eigenvalue weighted by atomic mass is 10.0. The third kappa shape index (κ3) is 6.98. The highest BCUT2D eigenvalue weighted by Crippen LogP contribution is 2.36. The summed E-state index contributed by atoms with van der Waals surface area (Å²) in [7, 11) is -3.43. The SMILES string of the molecule is CS(=O)(=O)Nc1ccc(Oc2ccc(OC(F)(F)F)cc2)c(C2CCCN2)c1.Cl. The number of nitrogens with one attached hydrogen (secondary N) is 2. The number of rotatable bonds is 6. The van der Waals surface area contributed by atoms with E-state index in [9.17, 15) is 21.6 Å². The van der Waals surface area contributed by atoms with E-state index >= 15 is 0 Å². The molecule has 2 N–H and O–H groups in total. The number of halogens is 4. The van der Waals surface area contributed by atoms with Gasteiger partial charge in [0, 0.05) is 17.3 Å². The molecule has 29 heavy (non-hydrogen) atoms. The zero-order chi connectivity index (χ0) is 20.4. The van der Waals surface area contributed by atoms with Crippen LogP contribution in [0.3, 0.4) is 0 Å². The number of ether oxygens (including phenoxy) is 2. The minimum atomic E-state index is -4.76. The molecule has 0 amide bonds. The van der Waals surface area contributed by atoms with Gasteiger partial charge in [-0.25, -0.2) is 8.42 Å². The predicted octanol–water partition coefficient (Wildman–Crippen LogP) is 4.60. The molecule has 6 nitrogen and oxygen atoms in total. The Kier molecular flexibility index (Phi) is 7.25. The molecule has 0 spiro atoms. The molecule has 1 aliphatic heterocycles. The van der Waals surface area contributed by atoms with Crippen molar-refractivity contribution < 1.29 is 31.1 Å². The molecule has 0 aromatic heterocycles. The summed E-state index contributed by atoms with van der Waals surface area (Å²) in [5.74, 6) is 0.478. The predicted molar refractivity (Wildman–Crippen MR) is 105 cm³/mol. The van der Waals surface area contributed by atoms with Gasteiger partial charge in [-0.05, 0) is 61.9 Å². The van der Waals surface area contributed by atoms with E-state index < -0.39 is 16.4 Å². The maximum atomic E-state index is 12.3. The fraction of sp³-hybridized carbons (Fsp3) is 0.333. The second-order valence-electron chi connectivity index (χ2n) is 6.40. The fourth-order valence-electron chi connectivity index (χ4n) is 2.98. The van der Waals surface area contributed by atoms with Crippen molar-refractivity contribution in [3.63, 3.8) is 0 Å². The van der Waals surface area contributed by atoms with Gasteiger partial charge in [0.15, 0.2) is 0 Å². The van der Waals surface area contributed by atoms with Crippen molar-refractivity contribution in [3.8, 4) is 17.2 Å². The standard InChI is InChI=1S/C18H19F3N2O4S.ClH/c1-28(24,25)23-12-4-9-17(15(11-12)16-3-2-10-22-16)26-13-5-7-14(8-6-13)27-18(19,20)21;/h4-9,11,16,22-23H,2-3,10H2,1H3;1H. The molecule has 1 fully saturated rings. The molecule has 0 aliphatic carbocycles. The van der Waals surface area contributed by atoms with Crippen molar-refractivity contribution in [1.29, 1.82) is 0 Å². The molecule has 0 saturated carbocycles. The quantitative estimate of drug-likeness (QED) is 0.670. The van der Waals surface area contributed by atoms with Crippen LogP contribution in [0.2, 0.25) is 0 Å². The highest BCUT2D eigenvalue weighted by atomic mass is 35.5. The van der Waals surface area contributed by atoms with E-state index in [1.807, 2.05) is 0 Å². The van der Waals surface area contributed by atoms with Gasteiger partial charge in [-0.2, -0.15) is 0 Å². The van der Waals surface area contributed by atoms with Crippen LogP contribution in [0.25, 0.3) is 0 Å². The summed E-state index contributed by atoms with van der Waals surface area (Å²) in [5.41, 5.74) is 1.18. The zero-order valence-corrected chi connectivity index (χ0v) is 17.0. The number of sulfonamides is 1. The molecular formula is C18H20ClF3N2O4S. The van der Waals surface area contributed by atoms with Gasteiger partial charge < -0.3 is 14.8 Å². The van der Waals surface area contributed by atoms with Crippen LogP contribution in [-0.4, -0.2) is 27.6 Å². The van der Waals surface area contributed by atoms with E-state index in [0.29, 0.717) is 17.2 Å². The van der Waals surface area contributed by atoms with Crippen molar-refractivity contribution >= 4 is 28.1 Å². The number of hydrogen-bond donors (Lipinski definition) is 2. The molecule has 3 rings (SSSR count). The zero-order valence-electron chi connectivity index (χ0n) is 15.3. The summed E-state index contributed by atoms with van der Waals surface area (Å²) in [6.45, 7) is 0.831. The molecule has 1 heterocycles. The van der Waals surface area contributed by atoms with Crippen molar-refractivity contribution in [2.24, 2.45) is 0 Å². The van der Waals surface area contributed by atoms with E-state index in [1.165, 1.54) is 12.1 Å². The molecule has 1 atom stereocenters. The molecule has 11 heteroatoms. The van der Waals surface area contributed by atoms with Crippen molar-refractivity contribution in [3.05, 3.63) is 48.0 Å². The van der Waals surface area contributed by atoms with Crippen LogP contribution >= 0.6 is 12.4 Å². The first-order valence-corrected chi connectivity index (χ1v) is 10.4. The number of alkyl halides is 3. The van der Waals surface area contributed by atoms with Gasteiger partial charge >= 0.3 is 6.36 Å². The Morgan fingerprint density at radius 2 is 1.76 bits per heavy atom. The molecule has 0 radical (unpaired) electrons. The van der Waals surface area contributed by atoms with Gasteiger partial charge in [0.05, 0.1) is 6.26 Å². The Labute approximate surface area is 172 Å². The third-order valence-electron chi connectivity index (χ3n) is 4.03. The Morgan fingerprint density at radius 1 is 1.10 bits per heavy atom. The van der Waals surface area contributed by atoms with Gasteiger partial charge in [0.1, 0.15) is 17.2 Å². The summed E-state index contributed by atoms with van der Waals surface area (Å²) in [5, 5.41) is 3.32. The van der Waals surface area contributed by atoms with Crippen LogP contribution in [0.5, 0.6) is 17.2 Å². The molecule has 2 aromatic rings. The third-order valence-corrected chi connectivity index (χ3v) is 4.64. The van der Waals surface area contributed by atoms with Gasteiger partial charge in [0.2, 0.25) is 10.0 Å². The molecular weight excluding hydrogens is 433 g/mol. The Morgan fingerprint density at radius 3 is 2.31 bits per heavy atom. The van der Waals surface area contributed by atoms with Gasteiger partial charge in [0.25, 0.3) is 0 Å². The maximum absolute atomic E-state index is 12.3. The first-order valence-electron chi connectivity index (χ1n) is 8.48. The maximum Gasteiger partial charge on any atom is 0.573 e. The van der Waals surface area contributed by atoms with E-state index in [4.69, 9.17) is 4.74 Å². The monoisotopic (exact) mass is 452 g/mol. The normalized spacial score (nSPS) is 16.8. The fourth-order valence-corrected chi connectivity index (χ4v) is 3.53. The highest BCUT2D eigenvalue weighted by Gasteiger charge is 2.31. The minimum Gasteiger partial charge on any atom is -0.457 e. The average Bonchev–Trinajstić information content (AvgIpc) is 3.09. The van der Waals surface area contributed by atoms with Crippen LogP contribution < -0.4 is 19.5 Å². The van der Waals surface area contributed by atoms with Crippen molar-refractivity contribution in [2.45, 2.75) is 25.2 Å². The topological polar surface area (TPSA) is 76.7 Å². The first kappa shape index (κ1) is 23.1. The molecule has 1 unspecified atom stereocenters. The second kappa shape index (κ2) is 9.10. The van der Waals surface area contributed by atoms with E-state index in [-0.39, 0.29) is 24.2 Å². The van der Waals surface area contributed by atoms with Gasteiger partial charge in [-0.15, -0.1) is 25.6 Å². The lowest BCUT2D eigenvalue weighted by molar-refractivity contribution is -0.274. The largest absolute Gasteiger partial charge is 0.573 e. The number of hydrogen-bond acceptors (Lipinski definition) is 5. The summed E-state index contributed by atoms with van der Waals surface area (Å²) in [4.78, 5) is 0. The smallest absolute Gasteiger partial charge is 0.457 e. The lowest BCUT2D eigenvalue weighted by Gasteiger charge is -2.18. The van der Waals surface area contributed by atoms with E-state index in [0.717, 1.165) is 43.3 Å². The minimum absolute atomic E-state index is 0. The van der Waals surface area contributed by atoms with Crippen LogP contribution in [0.15, 0.2) is 42.5 Å². The average molecular weight is 453 g/mol. The Hall–Kier alpha value is -2.17. The molecule has 2 aromatic carbocycles. The summed E-state index contributed by atoms with van der Waals surface area (Å²) < 4.78 is 71.9. The van der Waals surface area contributed by atoms with E-state index in [1.54, 1.807) is 18.2 Å². The van der Waals surface area contributed by atoms with Crippen LogP contribution in [0, 0.1) is 0 Å². The van der Waals surface area contributed by atoms with E-state index in [2.05, 4.69) is 14.8 Å². The van der Waals surface area contributed by atoms with Gasteiger partial charge in [-0.1, -0.05) is 0 Å². The number of anilines is 1. The van der Waals surface area contributed by atoms with Crippen molar-refractivity contribution in [1.82, 2.24) is 5.32 Å². The first-order chi connectivity index (χ1) is 13.1. The Bertz CT molecular complexity index is 931. The van der Waals surface area contributed by atoms with Crippen molar-refractivity contribution in [2.75, 3.05) is 17.5 Å². The van der Waals surface area contributed by atoms with Crippen LogP contribution in [0.1, 0.15) is 24.4 Å². The second-order valence-corrected chi connectivity index (χ2v) is 8.15. The molecule has 0 bridgehead atoms. The van der Waals surface area contributed by atoms with Gasteiger partial charge in [-0.3, -0.25) is 4.72 Å². The van der Waals surface area contributed by atoms with Crippen LogP contribution in [0.4, 0.5) is 18.9 Å².